The Balaban J connectivity index is 0.000000225. The van der Waals surface area contributed by atoms with Crippen LogP contribution in [0, 0.1) is 5.41 Å². The third kappa shape index (κ3) is 3.16. The van der Waals surface area contributed by atoms with E-state index in [1.807, 2.05) is 0 Å². The lowest BCUT2D eigenvalue weighted by atomic mass is 9.59. The maximum absolute atomic E-state index is 10.6. The van der Waals surface area contributed by atoms with E-state index in [1.165, 1.54) is 32.2 Å². The number of hydrogen-bond donors (Lipinski definition) is 2. The molecule has 0 amide bonds. The lowest BCUT2D eigenvalue weighted by Gasteiger charge is -2.45. The van der Waals surface area contributed by atoms with E-state index >= 15 is 0 Å². The fraction of sp³-hybridized carbons (Fsp3) is 0.632. The molecule has 3 aliphatic rings. The summed E-state index contributed by atoms with van der Waals surface area (Å²) in [6.45, 7) is 7.28. The van der Waals surface area contributed by atoms with Crippen LogP contribution < -0.4 is 5.32 Å². The molecule has 1 heterocycles. The van der Waals surface area contributed by atoms with Crippen molar-refractivity contribution in [1.82, 2.24) is 5.32 Å². The molecular weight excluding hydrogens is 331 g/mol. The molecular formula is C19H24F3NO2. The van der Waals surface area contributed by atoms with Crippen molar-refractivity contribution in [2.24, 2.45) is 5.41 Å². The number of aliphatic carboxylic acids is 1. The van der Waals surface area contributed by atoms with E-state index in [1.54, 1.807) is 16.7 Å². The maximum Gasteiger partial charge on any atom is 0.490 e. The molecule has 1 spiro atoms. The van der Waals surface area contributed by atoms with Crippen molar-refractivity contribution < 1.29 is 23.1 Å². The van der Waals surface area contributed by atoms with Crippen molar-refractivity contribution in [3.63, 3.8) is 0 Å². The lowest BCUT2D eigenvalue weighted by molar-refractivity contribution is -0.192. The number of alkyl halides is 3. The van der Waals surface area contributed by atoms with Crippen LogP contribution in [-0.4, -0.2) is 23.8 Å². The van der Waals surface area contributed by atoms with Gasteiger partial charge in [-0.25, -0.2) is 4.79 Å². The summed E-state index contributed by atoms with van der Waals surface area (Å²) >= 11 is 0. The number of halogens is 3. The minimum atomic E-state index is -5.08. The van der Waals surface area contributed by atoms with E-state index in [0.29, 0.717) is 10.8 Å². The van der Waals surface area contributed by atoms with Crippen molar-refractivity contribution in [2.45, 2.75) is 63.6 Å². The Labute approximate surface area is 145 Å². The summed E-state index contributed by atoms with van der Waals surface area (Å²) < 4.78 is 31.7. The van der Waals surface area contributed by atoms with E-state index in [-0.39, 0.29) is 0 Å². The monoisotopic (exact) mass is 355 g/mol. The predicted molar refractivity (Wildman–Crippen MR) is 88.5 cm³/mol. The second-order valence-electron chi connectivity index (χ2n) is 8.01. The molecule has 25 heavy (non-hydrogen) atoms. The Hall–Kier alpha value is -1.56. The number of carboxylic acid groups (broad SMARTS) is 1. The summed E-state index contributed by atoms with van der Waals surface area (Å²) in [5.74, 6) is -1.96. The van der Waals surface area contributed by atoms with Crippen molar-refractivity contribution >= 4 is 5.97 Å². The molecule has 4 rings (SSSR count). The van der Waals surface area contributed by atoms with Gasteiger partial charge in [0.15, 0.2) is 0 Å². The van der Waals surface area contributed by atoms with Crippen LogP contribution in [-0.2, 0) is 16.8 Å². The van der Waals surface area contributed by atoms with Gasteiger partial charge in [-0.05, 0) is 60.3 Å². The quantitative estimate of drug-likeness (QED) is 0.727. The Bertz CT molecular complexity index is 678. The van der Waals surface area contributed by atoms with Crippen LogP contribution >= 0.6 is 0 Å². The SMILES string of the molecule is CC1(C)CC2CCNCc3cccc(c32)C12CC2.O=C(O)C(F)(F)F. The van der Waals surface area contributed by atoms with Gasteiger partial charge >= 0.3 is 12.1 Å². The fourth-order valence-corrected chi connectivity index (χ4v) is 4.76. The molecule has 2 aliphatic carbocycles. The Morgan fingerprint density at radius 2 is 1.92 bits per heavy atom. The Morgan fingerprint density at radius 3 is 2.48 bits per heavy atom. The van der Waals surface area contributed by atoms with Crippen LogP contribution in [0.15, 0.2) is 18.2 Å². The van der Waals surface area contributed by atoms with Gasteiger partial charge in [0.1, 0.15) is 0 Å². The van der Waals surface area contributed by atoms with Gasteiger partial charge < -0.3 is 10.4 Å². The smallest absolute Gasteiger partial charge is 0.475 e. The van der Waals surface area contributed by atoms with Crippen LogP contribution in [0.25, 0.3) is 0 Å². The minimum absolute atomic E-state index is 0.494. The number of hydrogen-bond acceptors (Lipinski definition) is 2. The molecule has 0 bridgehead atoms. The molecule has 1 aromatic rings. The van der Waals surface area contributed by atoms with E-state index in [9.17, 15) is 13.2 Å². The topological polar surface area (TPSA) is 49.3 Å². The van der Waals surface area contributed by atoms with Gasteiger partial charge in [-0.3, -0.25) is 0 Å². The highest BCUT2D eigenvalue weighted by atomic mass is 19.4. The molecule has 0 aromatic heterocycles. The van der Waals surface area contributed by atoms with Crippen molar-refractivity contribution in [2.75, 3.05) is 6.54 Å². The zero-order valence-corrected chi connectivity index (χ0v) is 14.5. The van der Waals surface area contributed by atoms with Gasteiger partial charge in [0.25, 0.3) is 0 Å². The van der Waals surface area contributed by atoms with Gasteiger partial charge in [-0.1, -0.05) is 32.0 Å². The third-order valence-corrected chi connectivity index (χ3v) is 6.15. The number of carbonyl (C=O) groups is 1. The van der Waals surface area contributed by atoms with Gasteiger partial charge in [0.2, 0.25) is 0 Å². The maximum atomic E-state index is 10.6. The normalized spacial score (nSPS) is 25.2. The summed E-state index contributed by atoms with van der Waals surface area (Å²) in [4.78, 5) is 8.90. The number of fused-ring (bicyclic) bond motifs is 1. The molecule has 138 valence electrons. The van der Waals surface area contributed by atoms with Gasteiger partial charge in [-0.2, -0.15) is 13.2 Å². The first-order valence-corrected chi connectivity index (χ1v) is 8.72. The highest BCUT2D eigenvalue weighted by molar-refractivity contribution is 5.73. The second-order valence-corrected chi connectivity index (χ2v) is 8.01. The summed E-state index contributed by atoms with van der Waals surface area (Å²) in [6.07, 6.45) is 0.454. The number of carboxylic acids is 1. The number of nitrogens with one attached hydrogen (secondary N) is 1. The standard InChI is InChI=1S/C17H23N.C2HF3O2/c1-16(2)10-12-6-9-18-11-13-4-3-5-14(15(12)13)17(16)7-8-17;3-2(4,5)1(6)7/h3-5,12,18H,6-11H2,1-2H3;(H,6,7). The van der Waals surface area contributed by atoms with Crippen molar-refractivity contribution in [1.29, 1.82) is 0 Å². The van der Waals surface area contributed by atoms with Crippen LogP contribution in [0.5, 0.6) is 0 Å². The molecule has 2 N–H and O–H groups in total. The van der Waals surface area contributed by atoms with Crippen molar-refractivity contribution in [3.8, 4) is 0 Å². The zero-order valence-electron chi connectivity index (χ0n) is 14.5. The summed E-state index contributed by atoms with van der Waals surface area (Å²) in [6, 6.07) is 7.07. The van der Waals surface area contributed by atoms with Crippen LogP contribution in [0.4, 0.5) is 13.2 Å². The molecule has 1 unspecified atom stereocenters. The second kappa shape index (κ2) is 6.01. The fourth-order valence-electron chi connectivity index (χ4n) is 4.76. The van der Waals surface area contributed by atoms with Crippen LogP contribution in [0.2, 0.25) is 0 Å². The van der Waals surface area contributed by atoms with Gasteiger partial charge in [-0.15, -0.1) is 0 Å². The molecule has 1 aliphatic heterocycles. The molecule has 1 aromatic carbocycles. The highest BCUT2D eigenvalue weighted by Crippen LogP contribution is 2.67. The summed E-state index contributed by atoms with van der Waals surface area (Å²) in [7, 11) is 0. The molecule has 6 heteroatoms. The van der Waals surface area contributed by atoms with Gasteiger partial charge in [0.05, 0.1) is 0 Å². The number of rotatable bonds is 0. The first kappa shape index (κ1) is 18.2. The summed E-state index contributed by atoms with van der Waals surface area (Å²) in [5.41, 5.74) is 6.05. The molecule has 1 atom stereocenters. The highest BCUT2D eigenvalue weighted by Gasteiger charge is 2.59. The third-order valence-electron chi connectivity index (χ3n) is 6.15. The zero-order chi connectivity index (χ0) is 18.5. The number of benzene rings is 1. The van der Waals surface area contributed by atoms with E-state index < -0.39 is 12.1 Å². The Kier molecular flexibility index (Phi) is 4.38. The van der Waals surface area contributed by atoms with Crippen LogP contribution in [0.3, 0.4) is 0 Å². The predicted octanol–water partition coefficient (Wildman–Crippen LogP) is 4.36. The van der Waals surface area contributed by atoms with E-state index in [0.717, 1.165) is 12.5 Å². The van der Waals surface area contributed by atoms with Crippen LogP contribution in [0.1, 0.15) is 62.1 Å². The summed E-state index contributed by atoms with van der Waals surface area (Å²) in [5, 5.41) is 10.7. The lowest BCUT2D eigenvalue weighted by Crippen LogP contribution is -2.37. The molecule has 0 saturated heterocycles. The first-order chi connectivity index (χ1) is 11.6. The molecule has 1 saturated carbocycles. The van der Waals surface area contributed by atoms with Gasteiger partial charge in [0, 0.05) is 12.0 Å². The molecule has 0 radical (unpaired) electrons. The average Bonchev–Trinajstić information content (AvgIpc) is 3.31. The molecule has 3 nitrogen and oxygen atoms in total. The molecule has 1 fully saturated rings. The first-order valence-electron chi connectivity index (χ1n) is 8.72. The minimum Gasteiger partial charge on any atom is -0.475 e. The average molecular weight is 355 g/mol. The largest absolute Gasteiger partial charge is 0.490 e. The van der Waals surface area contributed by atoms with E-state index in [2.05, 4.69) is 37.4 Å². The van der Waals surface area contributed by atoms with E-state index in [4.69, 9.17) is 9.90 Å². The van der Waals surface area contributed by atoms with Crippen molar-refractivity contribution in [3.05, 3.63) is 34.9 Å². The Morgan fingerprint density at radius 1 is 1.28 bits per heavy atom.